The summed E-state index contributed by atoms with van der Waals surface area (Å²) in [4.78, 5) is 19.6. The van der Waals surface area contributed by atoms with Crippen molar-refractivity contribution in [3.8, 4) is 45.3 Å². The van der Waals surface area contributed by atoms with Crippen LogP contribution < -0.4 is 0 Å². The Morgan fingerprint density at radius 2 is 0.867 bits per heavy atom. The highest BCUT2D eigenvalue weighted by Gasteiger charge is 2.20. The van der Waals surface area contributed by atoms with Gasteiger partial charge in [-0.05, 0) is 29.1 Å². The Balaban J connectivity index is 1.26. The summed E-state index contributed by atoms with van der Waals surface area (Å²) < 4.78 is 2.32. The lowest BCUT2D eigenvalue weighted by molar-refractivity contribution is 1.07. The van der Waals surface area contributed by atoms with Crippen molar-refractivity contribution >= 4 is 38.2 Å². The van der Waals surface area contributed by atoms with Crippen LogP contribution in [0.25, 0.3) is 83.5 Å². The van der Waals surface area contributed by atoms with E-state index in [2.05, 4.69) is 83.3 Å². The van der Waals surface area contributed by atoms with Crippen LogP contribution in [-0.4, -0.2) is 24.3 Å². The maximum Gasteiger partial charge on any atom is 0.164 e. The minimum atomic E-state index is 0.638. The minimum Gasteiger partial charge on any atom is -0.293 e. The van der Waals surface area contributed by atoms with Crippen molar-refractivity contribution in [1.82, 2.24) is 24.3 Å². The smallest absolute Gasteiger partial charge is 0.164 e. The fourth-order valence-corrected chi connectivity index (χ4v) is 6.44. The highest BCUT2D eigenvalue weighted by Crippen LogP contribution is 2.42. The van der Waals surface area contributed by atoms with Gasteiger partial charge in [-0.3, -0.25) is 4.40 Å². The van der Waals surface area contributed by atoms with E-state index < -0.39 is 0 Å². The fourth-order valence-electron chi connectivity index (χ4n) is 6.44. The standard InChI is InChI=1S/C40H25N5/c1-3-12-27(13-4-1)37-42-38(28-14-5-2-6-15-28)44-39(43-37)29-23-21-26(22-24-29)35-33-19-11-25-41-40(33)45-34-20-10-9-17-31(34)30-16-7-8-18-32(30)36(35)45/h1-25H. The topological polar surface area (TPSA) is 56.0 Å². The minimum absolute atomic E-state index is 0.638. The zero-order valence-corrected chi connectivity index (χ0v) is 24.2. The Morgan fingerprint density at radius 1 is 0.378 bits per heavy atom. The van der Waals surface area contributed by atoms with Gasteiger partial charge in [0.25, 0.3) is 0 Å². The molecule has 0 unspecified atom stereocenters. The third-order valence-corrected chi connectivity index (χ3v) is 8.48. The molecule has 9 rings (SSSR count). The first-order valence-electron chi connectivity index (χ1n) is 15.0. The lowest BCUT2D eigenvalue weighted by Crippen LogP contribution is -2.00. The normalized spacial score (nSPS) is 11.6. The average Bonchev–Trinajstić information content (AvgIpc) is 3.48. The Morgan fingerprint density at radius 3 is 1.51 bits per heavy atom. The van der Waals surface area contributed by atoms with Gasteiger partial charge in [0.2, 0.25) is 0 Å². The molecule has 0 spiro atoms. The fraction of sp³-hybridized carbons (Fsp3) is 0. The van der Waals surface area contributed by atoms with Crippen LogP contribution in [0.1, 0.15) is 0 Å². The summed E-state index contributed by atoms with van der Waals surface area (Å²) in [5, 5.41) is 4.76. The number of benzene rings is 5. The summed E-state index contributed by atoms with van der Waals surface area (Å²) in [6, 6.07) is 50.2. The van der Waals surface area contributed by atoms with Gasteiger partial charge < -0.3 is 0 Å². The van der Waals surface area contributed by atoms with Crippen LogP contribution in [-0.2, 0) is 0 Å². The molecule has 45 heavy (non-hydrogen) atoms. The monoisotopic (exact) mass is 575 g/mol. The number of hydrogen-bond acceptors (Lipinski definition) is 4. The Bertz CT molecular complexity index is 2460. The second-order valence-electron chi connectivity index (χ2n) is 11.1. The van der Waals surface area contributed by atoms with Gasteiger partial charge in [0.05, 0.1) is 11.0 Å². The van der Waals surface area contributed by atoms with Crippen LogP contribution in [0.3, 0.4) is 0 Å². The number of hydrogen-bond donors (Lipinski definition) is 0. The molecule has 0 amide bonds. The third-order valence-electron chi connectivity index (χ3n) is 8.48. The van der Waals surface area contributed by atoms with Gasteiger partial charge in [0.15, 0.2) is 17.5 Å². The third kappa shape index (κ3) is 4.09. The predicted octanol–water partition coefficient (Wildman–Crippen LogP) is 9.65. The Labute approximate surface area is 259 Å². The van der Waals surface area contributed by atoms with Gasteiger partial charge in [-0.25, -0.2) is 19.9 Å². The molecule has 4 heterocycles. The van der Waals surface area contributed by atoms with Gasteiger partial charge in [-0.1, -0.05) is 127 Å². The number of fused-ring (bicyclic) bond motifs is 8. The number of rotatable bonds is 4. The van der Waals surface area contributed by atoms with Crippen LogP contribution in [0.5, 0.6) is 0 Å². The molecule has 210 valence electrons. The van der Waals surface area contributed by atoms with E-state index in [1.54, 1.807) is 0 Å². The van der Waals surface area contributed by atoms with Gasteiger partial charge in [-0.15, -0.1) is 0 Å². The highest BCUT2D eigenvalue weighted by atomic mass is 15.0. The van der Waals surface area contributed by atoms with E-state index >= 15 is 0 Å². The summed E-state index contributed by atoms with van der Waals surface area (Å²) >= 11 is 0. The zero-order chi connectivity index (χ0) is 29.7. The van der Waals surface area contributed by atoms with Crippen LogP contribution >= 0.6 is 0 Å². The first-order valence-corrected chi connectivity index (χ1v) is 15.0. The van der Waals surface area contributed by atoms with Crippen molar-refractivity contribution in [2.75, 3.05) is 0 Å². The molecule has 0 aliphatic carbocycles. The second-order valence-corrected chi connectivity index (χ2v) is 11.1. The van der Waals surface area contributed by atoms with Crippen LogP contribution in [0.4, 0.5) is 0 Å². The largest absolute Gasteiger partial charge is 0.293 e. The predicted molar refractivity (Wildman–Crippen MR) is 183 cm³/mol. The van der Waals surface area contributed by atoms with Crippen molar-refractivity contribution < 1.29 is 0 Å². The molecular weight excluding hydrogens is 550 g/mol. The zero-order valence-electron chi connectivity index (χ0n) is 24.2. The second kappa shape index (κ2) is 10.2. The first-order chi connectivity index (χ1) is 22.3. The Hall–Kier alpha value is -6.20. The van der Waals surface area contributed by atoms with E-state index in [1.807, 2.05) is 72.9 Å². The molecule has 5 aromatic carbocycles. The molecule has 0 radical (unpaired) electrons. The number of aromatic nitrogens is 5. The molecule has 5 nitrogen and oxygen atoms in total. The van der Waals surface area contributed by atoms with Crippen molar-refractivity contribution in [2.45, 2.75) is 0 Å². The van der Waals surface area contributed by atoms with Gasteiger partial charge in [0.1, 0.15) is 5.65 Å². The first kappa shape index (κ1) is 25.3. The van der Waals surface area contributed by atoms with Crippen molar-refractivity contribution in [2.24, 2.45) is 0 Å². The highest BCUT2D eigenvalue weighted by molar-refractivity contribution is 6.21. The van der Waals surface area contributed by atoms with Crippen molar-refractivity contribution in [3.05, 3.63) is 152 Å². The maximum absolute atomic E-state index is 4.93. The van der Waals surface area contributed by atoms with E-state index in [4.69, 9.17) is 19.9 Å². The average molecular weight is 576 g/mol. The van der Waals surface area contributed by atoms with Crippen LogP contribution in [0.15, 0.2) is 152 Å². The summed E-state index contributed by atoms with van der Waals surface area (Å²) in [6.07, 6.45) is 1.88. The number of pyridine rings is 2. The van der Waals surface area contributed by atoms with E-state index in [0.717, 1.165) is 49.9 Å². The molecule has 0 aliphatic heterocycles. The maximum atomic E-state index is 4.93. The summed E-state index contributed by atoms with van der Waals surface area (Å²) in [7, 11) is 0. The summed E-state index contributed by atoms with van der Waals surface area (Å²) in [5.74, 6) is 1.94. The Kier molecular flexibility index (Phi) is 5.74. The van der Waals surface area contributed by atoms with Crippen molar-refractivity contribution in [3.63, 3.8) is 0 Å². The molecule has 4 aromatic heterocycles. The SMILES string of the molecule is c1ccc(-c2nc(-c3ccccc3)nc(-c3ccc(-c4c5cccnc5n5c6ccccc6c6ccccc6c45)cc3)n2)cc1. The quantitative estimate of drug-likeness (QED) is 0.196. The molecule has 0 saturated carbocycles. The number of para-hydroxylation sites is 1. The molecule has 0 fully saturated rings. The van der Waals surface area contributed by atoms with E-state index in [0.29, 0.717) is 17.5 Å². The van der Waals surface area contributed by atoms with Gasteiger partial charge in [-0.2, -0.15) is 0 Å². The lowest BCUT2D eigenvalue weighted by Gasteiger charge is -2.11. The van der Waals surface area contributed by atoms with Crippen LogP contribution in [0, 0.1) is 0 Å². The van der Waals surface area contributed by atoms with Crippen LogP contribution in [0.2, 0.25) is 0 Å². The van der Waals surface area contributed by atoms with Gasteiger partial charge >= 0.3 is 0 Å². The molecule has 9 aromatic rings. The molecule has 0 bridgehead atoms. The van der Waals surface area contributed by atoms with Crippen molar-refractivity contribution in [1.29, 1.82) is 0 Å². The molecule has 5 heteroatoms. The molecule has 0 atom stereocenters. The van der Waals surface area contributed by atoms with E-state index in [9.17, 15) is 0 Å². The lowest BCUT2D eigenvalue weighted by atomic mass is 9.98. The number of nitrogens with zero attached hydrogens (tertiary/aromatic N) is 5. The molecular formula is C40H25N5. The van der Waals surface area contributed by atoms with E-state index in [-0.39, 0.29) is 0 Å². The molecule has 0 aliphatic rings. The summed E-state index contributed by atoms with van der Waals surface area (Å²) in [6.45, 7) is 0. The van der Waals surface area contributed by atoms with E-state index in [1.165, 1.54) is 16.2 Å². The molecule has 0 saturated heterocycles. The van der Waals surface area contributed by atoms with Gasteiger partial charge in [0, 0.05) is 44.6 Å². The molecule has 0 N–H and O–H groups in total. The summed E-state index contributed by atoms with van der Waals surface area (Å²) in [5.41, 5.74) is 8.36.